The van der Waals surface area contributed by atoms with Gasteiger partial charge >= 0.3 is 0 Å². The predicted octanol–water partition coefficient (Wildman–Crippen LogP) is 3.83. The number of carbonyl (C=O) groups is 1. The van der Waals surface area contributed by atoms with Crippen molar-refractivity contribution in [3.63, 3.8) is 0 Å². The highest BCUT2D eigenvalue weighted by Crippen LogP contribution is 2.42. The van der Waals surface area contributed by atoms with E-state index in [1.54, 1.807) is 11.3 Å². The van der Waals surface area contributed by atoms with Crippen molar-refractivity contribution in [1.82, 2.24) is 10.3 Å². The Morgan fingerprint density at radius 2 is 2.25 bits per heavy atom. The maximum absolute atomic E-state index is 12.7. The lowest BCUT2D eigenvalue weighted by Crippen LogP contribution is -2.39. The van der Waals surface area contributed by atoms with Crippen LogP contribution in [0.3, 0.4) is 0 Å². The van der Waals surface area contributed by atoms with Crippen LogP contribution in [0.4, 0.5) is 0 Å². The first-order chi connectivity index (χ1) is 11.8. The monoisotopic (exact) mass is 346 g/mol. The number of hydrogen-bond donors (Lipinski definition) is 1. The van der Waals surface area contributed by atoms with Gasteiger partial charge in [0.15, 0.2) is 17.8 Å². The van der Waals surface area contributed by atoms with E-state index in [2.05, 4.69) is 27.8 Å². The Kier molecular flexibility index (Phi) is 4.41. The van der Waals surface area contributed by atoms with E-state index in [0.717, 1.165) is 25.7 Å². The van der Waals surface area contributed by atoms with E-state index >= 15 is 0 Å². The van der Waals surface area contributed by atoms with E-state index in [9.17, 15) is 4.79 Å². The summed E-state index contributed by atoms with van der Waals surface area (Å²) in [5.41, 5.74) is 0.457. The molecule has 1 amide bonds. The van der Waals surface area contributed by atoms with Gasteiger partial charge in [-0.15, -0.1) is 11.3 Å². The topological polar surface area (TPSA) is 64.4 Å². The summed E-state index contributed by atoms with van der Waals surface area (Å²) in [5.74, 6) is 0.415. The third-order valence-electron chi connectivity index (χ3n) is 5.22. The summed E-state index contributed by atoms with van der Waals surface area (Å²) in [5, 5.41) is 5.23. The highest BCUT2D eigenvalue weighted by atomic mass is 32.1. The Morgan fingerprint density at radius 3 is 2.96 bits per heavy atom. The van der Waals surface area contributed by atoms with Gasteiger partial charge in [0.05, 0.1) is 0 Å². The average molecular weight is 346 g/mol. The van der Waals surface area contributed by atoms with E-state index in [4.69, 9.17) is 9.15 Å². The van der Waals surface area contributed by atoms with Gasteiger partial charge in [-0.1, -0.05) is 18.9 Å². The first-order valence-electron chi connectivity index (χ1n) is 8.66. The summed E-state index contributed by atoms with van der Waals surface area (Å²) < 4.78 is 11.1. The van der Waals surface area contributed by atoms with Gasteiger partial charge in [-0.2, -0.15) is 0 Å². The summed E-state index contributed by atoms with van der Waals surface area (Å²) in [4.78, 5) is 18.2. The van der Waals surface area contributed by atoms with Crippen LogP contribution in [-0.2, 0) is 10.2 Å². The van der Waals surface area contributed by atoms with Crippen LogP contribution >= 0.6 is 11.3 Å². The van der Waals surface area contributed by atoms with Crippen molar-refractivity contribution in [1.29, 1.82) is 0 Å². The van der Waals surface area contributed by atoms with Crippen LogP contribution < -0.4 is 5.32 Å². The Labute approximate surface area is 145 Å². The summed E-state index contributed by atoms with van der Waals surface area (Å²) in [6.07, 6.45) is 7.79. The van der Waals surface area contributed by atoms with Crippen molar-refractivity contribution in [2.45, 2.75) is 50.0 Å². The van der Waals surface area contributed by atoms with Crippen LogP contribution in [-0.4, -0.2) is 24.0 Å². The first kappa shape index (κ1) is 15.8. The minimum Gasteiger partial charge on any atom is -0.445 e. The molecular formula is C18H22N2O3S. The molecule has 0 spiro atoms. The van der Waals surface area contributed by atoms with Gasteiger partial charge in [-0.3, -0.25) is 4.79 Å². The summed E-state index contributed by atoms with van der Waals surface area (Å²) in [6.45, 7) is 1.37. The third kappa shape index (κ3) is 2.89. The fraction of sp³-hybridized carbons (Fsp3) is 0.556. The number of aromatic nitrogens is 1. The zero-order valence-corrected chi connectivity index (χ0v) is 14.4. The number of rotatable bonds is 5. The second kappa shape index (κ2) is 6.69. The molecule has 1 saturated carbocycles. The molecule has 24 heavy (non-hydrogen) atoms. The molecule has 1 aliphatic heterocycles. The van der Waals surface area contributed by atoms with E-state index in [1.807, 2.05) is 0 Å². The maximum Gasteiger partial charge on any atom is 0.273 e. The maximum atomic E-state index is 12.7. The molecule has 2 aromatic heterocycles. The Hall–Kier alpha value is -1.66. The summed E-state index contributed by atoms with van der Waals surface area (Å²) >= 11 is 1.79. The lowest BCUT2D eigenvalue weighted by atomic mass is 9.84. The largest absolute Gasteiger partial charge is 0.445 e. The molecule has 1 atom stereocenters. The number of amides is 1. The number of hydrogen-bond acceptors (Lipinski definition) is 5. The van der Waals surface area contributed by atoms with Crippen molar-refractivity contribution in [2.75, 3.05) is 13.2 Å². The molecular weight excluding hydrogens is 324 g/mol. The number of carbonyl (C=O) groups excluding carboxylic acids is 1. The molecule has 0 bridgehead atoms. The highest BCUT2D eigenvalue weighted by Gasteiger charge is 2.37. The number of oxazole rings is 1. The minimum absolute atomic E-state index is 0.0809. The molecule has 1 aliphatic carbocycles. The Balaban J connectivity index is 1.47. The summed E-state index contributed by atoms with van der Waals surface area (Å²) in [6, 6.07) is 4.28. The highest BCUT2D eigenvalue weighted by molar-refractivity contribution is 7.10. The van der Waals surface area contributed by atoms with Crippen molar-refractivity contribution < 1.29 is 13.9 Å². The van der Waals surface area contributed by atoms with Gasteiger partial charge < -0.3 is 14.5 Å². The molecule has 1 unspecified atom stereocenters. The number of ether oxygens (including phenoxy) is 1. The standard InChI is InChI=1S/C18H22N2O3S/c21-17(15-16(23-12-20-15)13-5-3-9-22-13)19-11-18(7-1-2-8-18)14-6-4-10-24-14/h4,6,10,12-13H,1-3,5,7-9,11H2,(H,19,21). The molecule has 2 fully saturated rings. The number of thiophene rings is 1. The smallest absolute Gasteiger partial charge is 0.273 e. The van der Waals surface area contributed by atoms with Crippen LogP contribution in [0.5, 0.6) is 0 Å². The quantitative estimate of drug-likeness (QED) is 0.894. The number of nitrogens with zero attached hydrogens (tertiary/aromatic N) is 1. The van der Waals surface area contributed by atoms with Gasteiger partial charge in [0.2, 0.25) is 0 Å². The van der Waals surface area contributed by atoms with Gasteiger partial charge in [0.1, 0.15) is 6.10 Å². The molecule has 2 aliphatic rings. The van der Waals surface area contributed by atoms with Crippen LogP contribution in [0.1, 0.15) is 65.8 Å². The molecule has 4 rings (SSSR count). The molecule has 1 N–H and O–H groups in total. The van der Waals surface area contributed by atoms with Crippen LogP contribution in [0.2, 0.25) is 0 Å². The summed E-state index contributed by atoms with van der Waals surface area (Å²) in [7, 11) is 0. The zero-order chi connectivity index (χ0) is 16.4. The average Bonchev–Trinajstić information content (AvgIpc) is 3.41. The normalized spacial score (nSPS) is 22.8. The van der Waals surface area contributed by atoms with Crippen molar-refractivity contribution in [2.24, 2.45) is 0 Å². The predicted molar refractivity (Wildman–Crippen MR) is 91.2 cm³/mol. The number of nitrogens with one attached hydrogen (secondary N) is 1. The first-order valence-corrected chi connectivity index (χ1v) is 9.54. The van der Waals surface area contributed by atoms with Crippen LogP contribution in [0.25, 0.3) is 0 Å². The second-order valence-corrected chi connectivity index (χ2v) is 7.66. The van der Waals surface area contributed by atoms with Crippen molar-refractivity contribution in [3.8, 4) is 0 Å². The van der Waals surface area contributed by atoms with Gasteiger partial charge in [-0.25, -0.2) is 4.98 Å². The van der Waals surface area contributed by atoms with Crippen molar-refractivity contribution >= 4 is 17.2 Å². The van der Waals surface area contributed by atoms with Gasteiger partial charge in [0, 0.05) is 23.4 Å². The molecule has 0 aromatic carbocycles. The minimum atomic E-state index is -0.155. The van der Waals surface area contributed by atoms with Crippen LogP contribution in [0.15, 0.2) is 28.3 Å². The molecule has 1 saturated heterocycles. The van der Waals surface area contributed by atoms with Gasteiger partial charge in [-0.05, 0) is 37.1 Å². The van der Waals surface area contributed by atoms with Gasteiger partial charge in [0.25, 0.3) is 5.91 Å². The molecule has 2 aromatic rings. The third-order valence-corrected chi connectivity index (χ3v) is 6.34. The van der Waals surface area contributed by atoms with E-state index in [1.165, 1.54) is 24.1 Å². The molecule has 6 heteroatoms. The lowest BCUT2D eigenvalue weighted by Gasteiger charge is -2.28. The van der Waals surface area contributed by atoms with E-state index in [-0.39, 0.29) is 17.4 Å². The van der Waals surface area contributed by atoms with E-state index in [0.29, 0.717) is 24.6 Å². The van der Waals surface area contributed by atoms with Crippen LogP contribution in [0, 0.1) is 0 Å². The second-order valence-electron chi connectivity index (χ2n) is 6.71. The molecule has 3 heterocycles. The fourth-order valence-electron chi connectivity index (χ4n) is 3.91. The van der Waals surface area contributed by atoms with E-state index < -0.39 is 0 Å². The zero-order valence-electron chi connectivity index (χ0n) is 13.6. The van der Waals surface area contributed by atoms with Crippen molar-refractivity contribution in [3.05, 3.63) is 40.2 Å². The Morgan fingerprint density at radius 1 is 1.38 bits per heavy atom. The molecule has 5 nitrogen and oxygen atoms in total. The SMILES string of the molecule is O=C(NCC1(c2cccs2)CCCC1)c1ncoc1C1CCCO1. The molecule has 0 radical (unpaired) electrons. The fourth-order valence-corrected chi connectivity index (χ4v) is 4.90. The lowest BCUT2D eigenvalue weighted by molar-refractivity contribution is 0.0856. The molecule has 128 valence electrons. The Bertz CT molecular complexity index is 683.